The second kappa shape index (κ2) is 8.86. The molecule has 0 aliphatic carbocycles. The van der Waals surface area contributed by atoms with Crippen molar-refractivity contribution in [3.63, 3.8) is 0 Å². The van der Waals surface area contributed by atoms with Crippen molar-refractivity contribution >= 4 is 17.8 Å². The molecule has 0 saturated heterocycles. The van der Waals surface area contributed by atoms with Gasteiger partial charge in [0, 0.05) is 11.6 Å². The first-order valence-corrected chi connectivity index (χ1v) is 6.99. The molecule has 0 aliphatic rings. The predicted molar refractivity (Wildman–Crippen MR) is 80.5 cm³/mol. The number of carbonyl (C=O) groups is 3. The van der Waals surface area contributed by atoms with Gasteiger partial charge in [0.25, 0.3) is 5.91 Å². The van der Waals surface area contributed by atoms with E-state index < -0.39 is 35.6 Å². The average molecular weight is 359 g/mol. The second-order valence-electron chi connectivity index (χ2n) is 4.79. The zero-order valence-electron chi connectivity index (χ0n) is 13.4. The lowest BCUT2D eigenvalue weighted by Gasteiger charge is -2.15. The Balaban J connectivity index is 2.82. The molecule has 1 N–H and O–H groups in total. The number of halogens is 3. The highest BCUT2D eigenvalue weighted by Gasteiger charge is 2.30. The van der Waals surface area contributed by atoms with Gasteiger partial charge in [-0.2, -0.15) is 13.2 Å². The molecule has 1 aromatic rings. The predicted octanol–water partition coefficient (Wildman–Crippen LogP) is 2.10. The molecule has 1 amide bonds. The lowest BCUT2D eigenvalue weighted by atomic mass is 10.1. The van der Waals surface area contributed by atoms with E-state index in [-0.39, 0.29) is 12.0 Å². The van der Waals surface area contributed by atoms with Crippen LogP contribution in [0.2, 0.25) is 0 Å². The number of nitrogens with one attached hydrogen (secondary N) is 1. The number of carbonyl (C=O) groups excluding carboxylic acids is 3. The molecule has 6 nitrogen and oxygen atoms in total. The van der Waals surface area contributed by atoms with Gasteiger partial charge in [0.05, 0.1) is 19.8 Å². The van der Waals surface area contributed by atoms with Crippen LogP contribution in [0.3, 0.4) is 0 Å². The highest BCUT2D eigenvalue weighted by Crippen LogP contribution is 2.29. The molecular weight excluding hydrogens is 343 g/mol. The summed E-state index contributed by atoms with van der Waals surface area (Å²) in [7, 11) is 2.29. The van der Waals surface area contributed by atoms with Gasteiger partial charge >= 0.3 is 18.1 Å². The van der Waals surface area contributed by atoms with E-state index in [1.165, 1.54) is 13.2 Å². The van der Waals surface area contributed by atoms with Crippen LogP contribution in [0.25, 0.3) is 0 Å². The summed E-state index contributed by atoms with van der Waals surface area (Å²) in [5.74, 6) is -2.16. The first-order chi connectivity index (χ1) is 11.7. The number of benzene rings is 1. The van der Waals surface area contributed by atoms with E-state index in [0.29, 0.717) is 0 Å². The Hall–Kier alpha value is -2.84. The smallest absolute Gasteiger partial charge is 0.416 e. The monoisotopic (exact) mass is 359 g/mol. The summed E-state index contributed by atoms with van der Waals surface area (Å²) < 4.78 is 46.5. The fourth-order valence-corrected chi connectivity index (χ4v) is 1.78. The Morgan fingerprint density at radius 1 is 1.12 bits per heavy atom. The third kappa shape index (κ3) is 6.28. The van der Waals surface area contributed by atoms with Crippen molar-refractivity contribution in [2.45, 2.75) is 18.6 Å². The number of amides is 1. The largest absolute Gasteiger partial charge is 0.467 e. The van der Waals surface area contributed by atoms with Gasteiger partial charge in [-0.1, -0.05) is 6.08 Å². The lowest BCUT2D eigenvalue weighted by molar-refractivity contribution is -0.143. The molecule has 0 fully saturated rings. The van der Waals surface area contributed by atoms with Crippen LogP contribution in [0.1, 0.15) is 22.3 Å². The number of esters is 2. The van der Waals surface area contributed by atoms with E-state index in [4.69, 9.17) is 0 Å². The molecule has 0 radical (unpaired) electrons. The summed E-state index contributed by atoms with van der Waals surface area (Å²) in [4.78, 5) is 34.7. The van der Waals surface area contributed by atoms with Gasteiger partial charge in [-0.25, -0.2) is 9.59 Å². The zero-order chi connectivity index (χ0) is 19.0. The van der Waals surface area contributed by atoms with Gasteiger partial charge < -0.3 is 14.8 Å². The number of methoxy groups -OCH3 is 2. The van der Waals surface area contributed by atoms with Gasteiger partial charge in [-0.15, -0.1) is 0 Å². The molecule has 0 spiro atoms. The number of hydrogen-bond donors (Lipinski definition) is 1. The highest BCUT2D eigenvalue weighted by molar-refractivity contribution is 5.96. The Morgan fingerprint density at radius 2 is 1.72 bits per heavy atom. The fraction of sp³-hybridized carbons (Fsp3) is 0.312. The van der Waals surface area contributed by atoms with Crippen LogP contribution in [0.15, 0.2) is 36.4 Å². The van der Waals surface area contributed by atoms with Gasteiger partial charge in [0.15, 0.2) is 0 Å². The molecule has 0 aromatic heterocycles. The first-order valence-electron chi connectivity index (χ1n) is 6.99. The molecule has 25 heavy (non-hydrogen) atoms. The van der Waals surface area contributed by atoms with Crippen molar-refractivity contribution in [3.8, 4) is 0 Å². The maximum atomic E-state index is 12.5. The summed E-state index contributed by atoms with van der Waals surface area (Å²) in [6.45, 7) is 0. The summed E-state index contributed by atoms with van der Waals surface area (Å²) >= 11 is 0. The van der Waals surface area contributed by atoms with E-state index in [9.17, 15) is 27.6 Å². The van der Waals surface area contributed by atoms with Crippen molar-refractivity contribution in [3.05, 3.63) is 47.5 Å². The average Bonchev–Trinajstić information content (AvgIpc) is 2.59. The van der Waals surface area contributed by atoms with Gasteiger partial charge in [0.1, 0.15) is 6.04 Å². The second-order valence-corrected chi connectivity index (χ2v) is 4.79. The van der Waals surface area contributed by atoms with E-state index in [1.54, 1.807) is 0 Å². The normalized spacial score (nSPS) is 12.5. The van der Waals surface area contributed by atoms with Crippen molar-refractivity contribution in [2.75, 3.05) is 14.2 Å². The molecule has 1 atom stereocenters. The standard InChI is InChI=1S/C16H16F3NO5/c1-24-13(21)5-3-4-12(15(23)25-2)20-14(22)10-6-8-11(9-7-10)16(17,18)19/h3,5-9,12H,4H2,1-2H3,(H,20,22)/b5-3+/t12-/m1/s1. The molecule has 0 unspecified atom stereocenters. The van der Waals surface area contributed by atoms with Crippen molar-refractivity contribution < 1.29 is 37.0 Å². The minimum absolute atomic E-state index is 0.0566. The number of alkyl halides is 3. The molecular formula is C16H16F3NO5. The van der Waals surface area contributed by atoms with Gasteiger partial charge in [-0.3, -0.25) is 4.79 Å². The number of ether oxygens (including phenoxy) is 2. The van der Waals surface area contributed by atoms with E-state index in [2.05, 4.69) is 14.8 Å². The number of hydrogen-bond acceptors (Lipinski definition) is 5. The van der Waals surface area contributed by atoms with Gasteiger partial charge in [0.2, 0.25) is 0 Å². The van der Waals surface area contributed by atoms with Crippen LogP contribution in [0.5, 0.6) is 0 Å². The molecule has 0 heterocycles. The minimum Gasteiger partial charge on any atom is -0.467 e. The van der Waals surface area contributed by atoms with Gasteiger partial charge in [-0.05, 0) is 30.7 Å². The van der Waals surface area contributed by atoms with Crippen molar-refractivity contribution in [1.29, 1.82) is 0 Å². The molecule has 0 bridgehead atoms. The molecule has 0 aliphatic heterocycles. The number of rotatable bonds is 6. The highest BCUT2D eigenvalue weighted by atomic mass is 19.4. The molecule has 136 valence electrons. The maximum absolute atomic E-state index is 12.5. The Bertz CT molecular complexity index is 653. The fourth-order valence-electron chi connectivity index (χ4n) is 1.78. The van der Waals surface area contributed by atoms with Crippen LogP contribution in [0, 0.1) is 0 Å². The zero-order valence-corrected chi connectivity index (χ0v) is 13.4. The van der Waals surface area contributed by atoms with Crippen molar-refractivity contribution in [2.24, 2.45) is 0 Å². The summed E-state index contributed by atoms with van der Waals surface area (Å²) in [6, 6.07) is 2.41. The third-order valence-corrected chi connectivity index (χ3v) is 3.09. The van der Waals surface area contributed by atoms with E-state index >= 15 is 0 Å². The molecule has 1 rings (SSSR count). The third-order valence-electron chi connectivity index (χ3n) is 3.09. The van der Waals surface area contributed by atoms with Crippen LogP contribution in [0.4, 0.5) is 13.2 Å². The molecule has 9 heteroatoms. The van der Waals surface area contributed by atoms with E-state index in [0.717, 1.165) is 37.5 Å². The van der Waals surface area contributed by atoms with Crippen LogP contribution in [-0.4, -0.2) is 38.1 Å². The van der Waals surface area contributed by atoms with Crippen molar-refractivity contribution in [1.82, 2.24) is 5.32 Å². The minimum atomic E-state index is -4.51. The quantitative estimate of drug-likeness (QED) is 0.621. The topological polar surface area (TPSA) is 81.7 Å². The summed E-state index contributed by atoms with van der Waals surface area (Å²) in [5.41, 5.74) is -0.951. The molecule has 0 saturated carbocycles. The van der Waals surface area contributed by atoms with Crippen LogP contribution < -0.4 is 5.32 Å². The van der Waals surface area contributed by atoms with Crippen LogP contribution in [-0.2, 0) is 25.2 Å². The first kappa shape index (κ1) is 20.2. The maximum Gasteiger partial charge on any atom is 0.416 e. The van der Waals surface area contributed by atoms with Crippen LogP contribution >= 0.6 is 0 Å². The Labute approximate surface area is 141 Å². The lowest BCUT2D eigenvalue weighted by Crippen LogP contribution is -2.41. The Kier molecular flexibility index (Phi) is 7.16. The van der Waals surface area contributed by atoms with E-state index in [1.807, 2.05) is 0 Å². The Morgan fingerprint density at radius 3 is 2.20 bits per heavy atom. The summed E-state index contributed by atoms with van der Waals surface area (Å²) in [6.07, 6.45) is -2.20. The molecule has 1 aromatic carbocycles. The summed E-state index contributed by atoms with van der Waals surface area (Å²) in [5, 5.41) is 2.34. The SMILES string of the molecule is COC(=O)/C=C/C[C@@H](NC(=O)c1ccc(C(F)(F)F)cc1)C(=O)OC.